The fourth-order valence-corrected chi connectivity index (χ4v) is 2.17. The van der Waals surface area contributed by atoms with Gasteiger partial charge in [-0.3, -0.25) is 4.79 Å². The van der Waals surface area contributed by atoms with Gasteiger partial charge in [-0.25, -0.2) is 4.39 Å². The first kappa shape index (κ1) is 15.6. The van der Waals surface area contributed by atoms with Crippen LogP contribution < -0.4 is 10.6 Å². The Balaban J connectivity index is 1.96. The van der Waals surface area contributed by atoms with Crippen LogP contribution in [0.15, 0.2) is 36.4 Å². The molecule has 6 heteroatoms. The first-order chi connectivity index (χ1) is 9.95. The number of aryl methyl sites for hydroxylation is 1. The van der Waals surface area contributed by atoms with Gasteiger partial charge in [0.2, 0.25) is 5.91 Å². The van der Waals surface area contributed by atoms with Gasteiger partial charge in [0, 0.05) is 5.02 Å². The molecule has 0 saturated heterocycles. The minimum atomic E-state index is -0.510. The van der Waals surface area contributed by atoms with Gasteiger partial charge in [0.25, 0.3) is 0 Å². The Morgan fingerprint density at radius 3 is 2.52 bits per heavy atom. The van der Waals surface area contributed by atoms with E-state index in [0.29, 0.717) is 15.7 Å². The molecule has 0 fully saturated rings. The summed E-state index contributed by atoms with van der Waals surface area (Å²) in [4.78, 5) is 11.8. The molecule has 3 nitrogen and oxygen atoms in total. The number of benzene rings is 2. The Morgan fingerprint density at radius 2 is 1.86 bits per heavy atom. The van der Waals surface area contributed by atoms with Crippen molar-refractivity contribution in [1.82, 2.24) is 0 Å². The average Bonchev–Trinajstić information content (AvgIpc) is 2.41. The van der Waals surface area contributed by atoms with E-state index in [1.807, 2.05) is 13.0 Å². The van der Waals surface area contributed by atoms with E-state index in [1.165, 1.54) is 12.1 Å². The van der Waals surface area contributed by atoms with Crippen LogP contribution >= 0.6 is 23.2 Å². The quantitative estimate of drug-likeness (QED) is 0.869. The summed E-state index contributed by atoms with van der Waals surface area (Å²) in [5, 5.41) is 6.12. The maximum Gasteiger partial charge on any atom is 0.243 e. The molecule has 2 aromatic carbocycles. The molecule has 0 radical (unpaired) electrons. The summed E-state index contributed by atoms with van der Waals surface area (Å²) < 4.78 is 13.5. The lowest BCUT2D eigenvalue weighted by molar-refractivity contribution is -0.114. The first-order valence-corrected chi connectivity index (χ1v) is 6.96. The summed E-state index contributed by atoms with van der Waals surface area (Å²) in [5.74, 6) is -0.834. The molecule has 0 bridgehead atoms. The normalized spacial score (nSPS) is 10.3. The van der Waals surface area contributed by atoms with Crippen molar-refractivity contribution in [3.63, 3.8) is 0 Å². The number of carbonyl (C=O) groups is 1. The standard InChI is InChI=1S/C15H13Cl2FN2O/c1-9-2-4-13(11(17)6-9)20-15(21)8-19-14-5-3-10(16)7-12(14)18/h2-7,19H,8H2,1H3,(H,20,21). The topological polar surface area (TPSA) is 41.1 Å². The number of hydrogen-bond acceptors (Lipinski definition) is 2. The van der Waals surface area contributed by atoms with Crippen LogP contribution in [0.5, 0.6) is 0 Å². The van der Waals surface area contributed by atoms with Gasteiger partial charge >= 0.3 is 0 Å². The third-order valence-corrected chi connectivity index (χ3v) is 3.32. The van der Waals surface area contributed by atoms with Gasteiger partial charge in [0.1, 0.15) is 5.82 Å². The molecule has 0 atom stereocenters. The van der Waals surface area contributed by atoms with Crippen molar-refractivity contribution < 1.29 is 9.18 Å². The van der Waals surface area contributed by atoms with Crippen LogP contribution in [0.4, 0.5) is 15.8 Å². The fourth-order valence-electron chi connectivity index (χ4n) is 1.72. The summed E-state index contributed by atoms with van der Waals surface area (Å²) in [6.07, 6.45) is 0. The first-order valence-electron chi connectivity index (χ1n) is 6.20. The van der Waals surface area contributed by atoms with Crippen molar-refractivity contribution in [1.29, 1.82) is 0 Å². The van der Waals surface area contributed by atoms with Gasteiger partial charge < -0.3 is 10.6 Å². The molecule has 0 saturated carbocycles. The zero-order valence-electron chi connectivity index (χ0n) is 11.2. The Bertz CT molecular complexity index is 677. The van der Waals surface area contributed by atoms with Gasteiger partial charge in [-0.15, -0.1) is 0 Å². The Kier molecular flexibility index (Phi) is 5.04. The molecule has 110 valence electrons. The van der Waals surface area contributed by atoms with Crippen LogP contribution in [0.2, 0.25) is 10.0 Å². The zero-order valence-corrected chi connectivity index (χ0v) is 12.7. The number of anilines is 2. The number of nitrogens with one attached hydrogen (secondary N) is 2. The number of rotatable bonds is 4. The summed E-state index contributed by atoms with van der Waals surface area (Å²) in [6, 6.07) is 9.51. The van der Waals surface area contributed by atoms with Crippen molar-refractivity contribution in [2.75, 3.05) is 17.2 Å². The average molecular weight is 327 g/mol. The third-order valence-electron chi connectivity index (χ3n) is 2.77. The Labute approximate surface area is 132 Å². The maximum absolute atomic E-state index is 13.5. The number of carbonyl (C=O) groups excluding carboxylic acids is 1. The Hall–Kier alpha value is -1.78. The van der Waals surface area contributed by atoms with E-state index >= 15 is 0 Å². The highest BCUT2D eigenvalue weighted by Crippen LogP contribution is 2.23. The highest BCUT2D eigenvalue weighted by molar-refractivity contribution is 6.33. The van der Waals surface area contributed by atoms with Crippen molar-refractivity contribution in [2.24, 2.45) is 0 Å². The lowest BCUT2D eigenvalue weighted by atomic mass is 10.2. The predicted octanol–water partition coefficient (Wildman–Crippen LogP) is 4.49. The molecular weight excluding hydrogens is 314 g/mol. The van der Waals surface area contributed by atoms with Gasteiger partial charge in [0.15, 0.2) is 0 Å². The number of hydrogen-bond donors (Lipinski definition) is 2. The van der Waals surface area contributed by atoms with Gasteiger partial charge in [0.05, 0.1) is 22.9 Å². The van der Waals surface area contributed by atoms with Crippen LogP contribution in [0.25, 0.3) is 0 Å². The molecule has 21 heavy (non-hydrogen) atoms. The largest absolute Gasteiger partial charge is 0.374 e. The molecule has 0 aromatic heterocycles. The van der Waals surface area contributed by atoms with E-state index in [4.69, 9.17) is 23.2 Å². The van der Waals surface area contributed by atoms with Crippen LogP contribution in [0.3, 0.4) is 0 Å². The summed E-state index contributed by atoms with van der Waals surface area (Å²) in [6.45, 7) is 1.82. The van der Waals surface area contributed by atoms with Crippen molar-refractivity contribution >= 4 is 40.5 Å². The molecule has 0 aliphatic heterocycles. The van der Waals surface area contributed by atoms with Crippen molar-refractivity contribution in [3.8, 4) is 0 Å². The Morgan fingerprint density at radius 1 is 1.14 bits per heavy atom. The molecule has 0 aliphatic rings. The van der Waals surface area contributed by atoms with Crippen molar-refractivity contribution in [2.45, 2.75) is 6.92 Å². The molecule has 0 heterocycles. The molecule has 0 spiro atoms. The van der Waals surface area contributed by atoms with E-state index in [1.54, 1.807) is 18.2 Å². The third kappa shape index (κ3) is 4.34. The fraction of sp³-hybridized carbons (Fsp3) is 0.133. The van der Waals surface area contributed by atoms with Gasteiger partial charge in [-0.1, -0.05) is 29.3 Å². The number of halogens is 3. The smallest absolute Gasteiger partial charge is 0.243 e. The molecule has 0 unspecified atom stereocenters. The second-order valence-corrected chi connectivity index (χ2v) is 5.35. The van der Waals surface area contributed by atoms with Crippen LogP contribution in [0.1, 0.15) is 5.56 Å². The van der Waals surface area contributed by atoms with E-state index in [-0.39, 0.29) is 18.1 Å². The summed E-state index contributed by atoms with van der Waals surface area (Å²) >= 11 is 11.7. The SMILES string of the molecule is Cc1ccc(NC(=O)CNc2ccc(Cl)cc2F)c(Cl)c1. The minimum absolute atomic E-state index is 0.0806. The van der Waals surface area contributed by atoms with Gasteiger partial charge in [-0.2, -0.15) is 0 Å². The molecule has 0 aliphatic carbocycles. The van der Waals surface area contributed by atoms with E-state index < -0.39 is 5.82 Å². The summed E-state index contributed by atoms with van der Waals surface area (Å²) in [5.41, 5.74) is 1.73. The van der Waals surface area contributed by atoms with Crippen LogP contribution in [-0.4, -0.2) is 12.5 Å². The summed E-state index contributed by atoms with van der Waals surface area (Å²) in [7, 11) is 0. The molecule has 2 N–H and O–H groups in total. The van der Waals surface area contributed by atoms with E-state index in [9.17, 15) is 9.18 Å². The second kappa shape index (κ2) is 6.78. The lowest BCUT2D eigenvalue weighted by Crippen LogP contribution is -2.22. The highest BCUT2D eigenvalue weighted by atomic mass is 35.5. The van der Waals surface area contributed by atoms with Gasteiger partial charge in [-0.05, 0) is 42.8 Å². The maximum atomic E-state index is 13.5. The lowest BCUT2D eigenvalue weighted by Gasteiger charge is -2.10. The molecule has 1 amide bonds. The minimum Gasteiger partial charge on any atom is -0.374 e. The second-order valence-electron chi connectivity index (χ2n) is 4.51. The number of amides is 1. The zero-order chi connectivity index (χ0) is 15.4. The predicted molar refractivity (Wildman–Crippen MR) is 84.7 cm³/mol. The molecule has 2 aromatic rings. The van der Waals surface area contributed by atoms with E-state index in [0.717, 1.165) is 5.56 Å². The van der Waals surface area contributed by atoms with Crippen molar-refractivity contribution in [3.05, 3.63) is 57.8 Å². The van der Waals surface area contributed by atoms with Crippen LogP contribution in [-0.2, 0) is 4.79 Å². The highest BCUT2D eigenvalue weighted by Gasteiger charge is 2.08. The molecule has 2 rings (SSSR count). The molecular formula is C15H13Cl2FN2O. The monoisotopic (exact) mass is 326 g/mol. The van der Waals surface area contributed by atoms with E-state index in [2.05, 4.69) is 10.6 Å². The van der Waals surface area contributed by atoms with Crippen LogP contribution in [0, 0.1) is 12.7 Å².